The van der Waals surface area contributed by atoms with Crippen LogP contribution in [-0.2, 0) is 12.7 Å². The van der Waals surface area contributed by atoms with E-state index in [2.05, 4.69) is 45.0 Å². The minimum Gasteiger partial charge on any atom is -0.340 e. The van der Waals surface area contributed by atoms with Crippen molar-refractivity contribution in [1.82, 2.24) is 14.2 Å². The molecule has 0 atom stereocenters. The van der Waals surface area contributed by atoms with Gasteiger partial charge in [-0.05, 0) is 53.6 Å². The molecule has 0 N–H and O–H groups in total. The number of benzene rings is 5. The van der Waals surface area contributed by atoms with Gasteiger partial charge in [-0.3, -0.25) is 4.79 Å². The summed E-state index contributed by atoms with van der Waals surface area (Å²) in [4.78, 5) is 18.3. The van der Waals surface area contributed by atoms with Crippen LogP contribution < -0.4 is 5.56 Å². The van der Waals surface area contributed by atoms with Crippen LogP contribution in [0, 0.1) is 6.92 Å². The maximum atomic E-state index is 13.7. The molecular formula is C36H25F3N4O. The third kappa shape index (κ3) is 4.74. The number of rotatable bonds is 5. The Hall–Kier alpha value is -5.50. The molecule has 7 aromatic rings. The second kappa shape index (κ2) is 10.6. The largest absolute Gasteiger partial charge is 0.416 e. The highest BCUT2D eigenvalue weighted by Gasteiger charge is 2.31. The number of hydrogen-bond donors (Lipinski definition) is 0. The predicted molar refractivity (Wildman–Crippen MR) is 169 cm³/mol. The van der Waals surface area contributed by atoms with Crippen LogP contribution in [0.5, 0.6) is 0 Å². The Morgan fingerprint density at radius 2 is 1.48 bits per heavy atom. The van der Waals surface area contributed by atoms with Crippen molar-refractivity contribution in [3.8, 4) is 11.4 Å². The van der Waals surface area contributed by atoms with Crippen LogP contribution >= 0.6 is 0 Å². The van der Waals surface area contributed by atoms with E-state index < -0.39 is 17.3 Å². The van der Waals surface area contributed by atoms with Gasteiger partial charge in [-0.25, -0.2) is 4.98 Å². The molecule has 0 saturated heterocycles. The first kappa shape index (κ1) is 27.3. The van der Waals surface area contributed by atoms with Gasteiger partial charge in [-0.15, -0.1) is 0 Å². The Labute approximate surface area is 250 Å². The lowest BCUT2D eigenvalue weighted by Gasteiger charge is -2.12. The SMILES string of the molecule is Cc1c(C=Nn2c(-c3cccc(C(F)(F)F)c3)nc3ccccc3c2=O)c2ccccc2n1Cc1cccc2ccccc12. The molecule has 0 aliphatic heterocycles. The van der Waals surface area contributed by atoms with E-state index in [0.717, 1.165) is 49.9 Å². The quantitative estimate of drug-likeness (QED) is 0.190. The number of para-hydroxylation sites is 2. The molecule has 5 aromatic carbocycles. The molecule has 0 spiro atoms. The molecule has 0 unspecified atom stereocenters. The first-order chi connectivity index (χ1) is 21.3. The first-order valence-electron chi connectivity index (χ1n) is 14.1. The molecular weight excluding hydrogens is 561 g/mol. The fourth-order valence-corrected chi connectivity index (χ4v) is 5.79. The standard InChI is InChI=1S/C36H25F3N4O/c1-23-31(29-16-5-7-19-33(29)42(23)22-26-13-8-11-24-10-2-3-15-28(24)26)21-40-43-34(25-12-9-14-27(20-25)36(37,38)39)41-32-18-6-4-17-30(32)35(43)44/h2-21H,22H2,1H3. The van der Waals surface area contributed by atoms with E-state index >= 15 is 0 Å². The van der Waals surface area contributed by atoms with Crippen LogP contribution in [0.15, 0.2) is 125 Å². The molecule has 0 fully saturated rings. The molecule has 0 radical (unpaired) electrons. The number of aromatic nitrogens is 3. The van der Waals surface area contributed by atoms with Gasteiger partial charge in [0.1, 0.15) is 0 Å². The van der Waals surface area contributed by atoms with Crippen molar-refractivity contribution in [2.45, 2.75) is 19.6 Å². The van der Waals surface area contributed by atoms with Crippen molar-refractivity contribution in [2.75, 3.05) is 0 Å². The molecule has 2 heterocycles. The van der Waals surface area contributed by atoms with E-state index in [1.165, 1.54) is 17.5 Å². The zero-order valence-corrected chi connectivity index (χ0v) is 23.6. The third-order valence-corrected chi connectivity index (χ3v) is 7.99. The van der Waals surface area contributed by atoms with Gasteiger partial charge in [0.15, 0.2) is 5.82 Å². The Kier molecular flexibility index (Phi) is 6.62. The van der Waals surface area contributed by atoms with Gasteiger partial charge in [-0.1, -0.05) is 84.9 Å². The monoisotopic (exact) mass is 586 g/mol. The number of nitrogens with zero attached hydrogens (tertiary/aromatic N) is 4. The minimum atomic E-state index is -4.55. The molecule has 0 saturated carbocycles. The fraction of sp³-hybridized carbons (Fsp3) is 0.0833. The Bertz CT molecular complexity index is 2290. The molecule has 44 heavy (non-hydrogen) atoms. The number of alkyl halides is 3. The van der Waals surface area contributed by atoms with Crippen LogP contribution in [0.4, 0.5) is 13.2 Å². The average molecular weight is 587 g/mol. The summed E-state index contributed by atoms with van der Waals surface area (Å²) in [7, 11) is 0. The summed E-state index contributed by atoms with van der Waals surface area (Å²) in [5.74, 6) is 0.0215. The van der Waals surface area contributed by atoms with Gasteiger partial charge in [0.05, 0.1) is 22.7 Å². The summed E-state index contributed by atoms with van der Waals surface area (Å²) in [5, 5.41) is 8.18. The molecule has 5 nitrogen and oxygen atoms in total. The van der Waals surface area contributed by atoms with Crippen molar-refractivity contribution in [2.24, 2.45) is 5.10 Å². The maximum absolute atomic E-state index is 13.7. The van der Waals surface area contributed by atoms with Gasteiger partial charge in [0.25, 0.3) is 5.56 Å². The second-order valence-corrected chi connectivity index (χ2v) is 10.6. The summed E-state index contributed by atoms with van der Waals surface area (Å²) in [5.41, 5.74) is 3.10. The van der Waals surface area contributed by atoms with E-state index in [1.807, 2.05) is 43.3 Å². The second-order valence-electron chi connectivity index (χ2n) is 10.6. The zero-order valence-electron chi connectivity index (χ0n) is 23.6. The average Bonchev–Trinajstić information content (AvgIpc) is 3.30. The number of halogens is 3. The Morgan fingerprint density at radius 3 is 2.30 bits per heavy atom. The lowest BCUT2D eigenvalue weighted by Crippen LogP contribution is -2.20. The highest BCUT2D eigenvalue weighted by atomic mass is 19.4. The Balaban J connectivity index is 1.39. The van der Waals surface area contributed by atoms with Gasteiger partial charge in [-0.2, -0.15) is 22.9 Å². The van der Waals surface area contributed by atoms with E-state index in [9.17, 15) is 18.0 Å². The summed E-state index contributed by atoms with van der Waals surface area (Å²) < 4.78 is 44.1. The lowest BCUT2D eigenvalue weighted by molar-refractivity contribution is -0.137. The lowest BCUT2D eigenvalue weighted by atomic mass is 10.0. The highest BCUT2D eigenvalue weighted by Crippen LogP contribution is 2.32. The van der Waals surface area contributed by atoms with Crippen molar-refractivity contribution in [1.29, 1.82) is 0 Å². The van der Waals surface area contributed by atoms with Crippen LogP contribution in [0.2, 0.25) is 0 Å². The van der Waals surface area contributed by atoms with Crippen LogP contribution in [0.3, 0.4) is 0 Å². The summed E-state index contributed by atoms with van der Waals surface area (Å²) in [6, 6.07) is 34.0. The normalized spacial score (nSPS) is 12.2. The zero-order chi connectivity index (χ0) is 30.4. The summed E-state index contributed by atoms with van der Waals surface area (Å²) in [6.45, 7) is 2.62. The topological polar surface area (TPSA) is 52.2 Å². The van der Waals surface area contributed by atoms with E-state index in [-0.39, 0.29) is 11.4 Å². The van der Waals surface area contributed by atoms with Crippen molar-refractivity contribution in [3.05, 3.63) is 148 Å². The van der Waals surface area contributed by atoms with Crippen molar-refractivity contribution < 1.29 is 13.2 Å². The highest BCUT2D eigenvalue weighted by molar-refractivity contribution is 6.01. The van der Waals surface area contributed by atoms with Crippen LogP contribution in [0.25, 0.3) is 44.0 Å². The number of hydrogen-bond acceptors (Lipinski definition) is 3. The molecule has 0 amide bonds. The van der Waals surface area contributed by atoms with Gasteiger partial charge < -0.3 is 4.57 Å². The van der Waals surface area contributed by atoms with Crippen molar-refractivity contribution in [3.63, 3.8) is 0 Å². The fourth-order valence-electron chi connectivity index (χ4n) is 5.79. The first-order valence-corrected chi connectivity index (χ1v) is 14.1. The van der Waals surface area contributed by atoms with Crippen LogP contribution in [0.1, 0.15) is 22.4 Å². The van der Waals surface area contributed by atoms with Gasteiger partial charge in [0, 0.05) is 34.3 Å². The summed E-state index contributed by atoms with van der Waals surface area (Å²) in [6.07, 6.45) is -2.95. The maximum Gasteiger partial charge on any atom is 0.416 e. The van der Waals surface area contributed by atoms with Crippen molar-refractivity contribution >= 4 is 38.8 Å². The molecule has 0 aliphatic carbocycles. The van der Waals surface area contributed by atoms with Gasteiger partial charge >= 0.3 is 6.18 Å². The van der Waals surface area contributed by atoms with Crippen LogP contribution in [-0.4, -0.2) is 20.4 Å². The Morgan fingerprint density at radius 1 is 0.795 bits per heavy atom. The molecule has 216 valence electrons. The summed E-state index contributed by atoms with van der Waals surface area (Å²) >= 11 is 0. The molecule has 0 aliphatic rings. The molecule has 7 rings (SSSR count). The molecule has 8 heteroatoms. The predicted octanol–water partition coefficient (Wildman–Crippen LogP) is 8.43. The minimum absolute atomic E-state index is 0.0215. The number of fused-ring (bicyclic) bond motifs is 3. The van der Waals surface area contributed by atoms with E-state index in [1.54, 1.807) is 30.5 Å². The van der Waals surface area contributed by atoms with Gasteiger partial charge in [0.2, 0.25) is 0 Å². The molecule has 2 aromatic heterocycles. The third-order valence-electron chi connectivity index (χ3n) is 7.99. The smallest absolute Gasteiger partial charge is 0.340 e. The molecule has 0 bridgehead atoms. The van der Waals surface area contributed by atoms with E-state index in [4.69, 9.17) is 0 Å². The van der Waals surface area contributed by atoms with E-state index in [0.29, 0.717) is 17.4 Å².